The average molecular weight is 223 g/mol. The molecule has 15 heavy (non-hydrogen) atoms. The molecule has 1 aromatic carbocycles. The van der Waals surface area contributed by atoms with Crippen molar-refractivity contribution in [2.75, 3.05) is 0 Å². The van der Waals surface area contributed by atoms with Gasteiger partial charge in [0.2, 0.25) is 0 Å². The Balaban J connectivity index is 1.98. The van der Waals surface area contributed by atoms with Crippen LogP contribution in [0, 0.1) is 11.3 Å². The van der Waals surface area contributed by atoms with E-state index in [1.807, 2.05) is 24.3 Å². The molecular formula is C13H15ClO. The van der Waals surface area contributed by atoms with Gasteiger partial charge in [0.05, 0.1) is 0 Å². The summed E-state index contributed by atoms with van der Waals surface area (Å²) in [6, 6.07) is 7.52. The van der Waals surface area contributed by atoms with Crippen LogP contribution in [-0.4, -0.2) is 5.78 Å². The summed E-state index contributed by atoms with van der Waals surface area (Å²) in [7, 11) is 0. The van der Waals surface area contributed by atoms with Crippen LogP contribution in [0.5, 0.6) is 0 Å². The van der Waals surface area contributed by atoms with Gasteiger partial charge in [0, 0.05) is 17.4 Å². The summed E-state index contributed by atoms with van der Waals surface area (Å²) in [5.74, 6) is 0.635. The largest absolute Gasteiger partial charge is 0.299 e. The van der Waals surface area contributed by atoms with Crippen molar-refractivity contribution in [1.82, 2.24) is 0 Å². The highest BCUT2D eigenvalue weighted by Gasteiger charge is 2.49. The molecule has 0 aromatic heterocycles. The van der Waals surface area contributed by atoms with Gasteiger partial charge >= 0.3 is 0 Å². The molecular weight excluding hydrogens is 208 g/mol. The van der Waals surface area contributed by atoms with E-state index >= 15 is 0 Å². The Hall–Kier alpha value is -0.820. The first kappa shape index (κ1) is 10.7. The van der Waals surface area contributed by atoms with Gasteiger partial charge < -0.3 is 0 Å². The Labute approximate surface area is 95.4 Å². The van der Waals surface area contributed by atoms with Crippen molar-refractivity contribution in [3.63, 3.8) is 0 Å². The Morgan fingerprint density at radius 2 is 1.93 bits per heavy atom. The van der Waals surface area contributed by atoms with E-state index in [1.165, 1.54) is 0 Å². The van der Waals surface area contributed by atoms with Crippen molar-refractivity contribution in [2.24, 2.45) is 11.3 Å². The number of Topliss-reactive ketones (excluding diaryl/α,β-unsaturated/α-hetero) is 1. The molecule has 1 aromatic rings. The van der Waals surface area contributed by atoms with Crippen LogP contribution in [0.3, 0.4) is 0 Å². The monoisotopic (exact) mass is 222 g/mol. The maximum atomic E-state index is 11.8. The molecule has 0 heterocycles. The molecule has 1 unspecified atom stereocenters. The average Bonchev–Trinajstić information content (AvgIpc) is 2.79. The summed E-state index contributed by atoms with van der Waals surface area (Å²) in [4.78, 5) is 11.8. The number of ketones is 1. The molecule has 1 aliphatic rings. The lowest BCUT2D eigenvalue weighted by Crippen LogP contribution is -2.08. The van der Waals surface area contributed by atoms with Crippen molar-refractivity contribution in [3.05, 3.63) is 34.9 Å². The highest BCUT2D eigenvalue weighted by Crippen LogP contribution is 2.52. The molecule has 2 heteroatoms. The number of benzene rings is 1. The lowest BCUT2D eigenvalue weighted by atomic mass is 10.0. The Bertz CT molecular complexity index is 378. The molecule has 1 aliphatic carbocycles. The second-order valence-corrected chi connectivity index (χ2v) is 5.45. The van der Waals surface area contributed by atoms with Gasteiger partial charge in [0.1, 0.15) is 5.78 Å². The lowest BCUT2D eigenvalue weighted by Gasteiger charge is -2.03. The highest BCUT2D eigenvalue weighted by molar-refractivity contribution is 6.30. The third kappa shape index (κ3) is 2.40. The van der Waals surface area contributed by atoms with Crippen LogP contribution in [0.1, 0.15) is 25.8 Å². The summed E-state index contributed by atoms with van der Waals surface area (Å²) in [6.07, 6.45) is 1.59. The van der Waals surface area contributed by atoms with E-state index in [4.69, 9.17) is 11.6 Å². The molecule has 1 saturated carbocycles. The predicted molar refractivity (Wildman–Crippen MR) is 62.1 cm³/mol. The van der Waals surface area contributed by atoms with E-state index in [-0.39, 0.29) is 11.3 Å². The van der Waals surface area contributed by atoms with Crippen LogP contribution in [0.2, 0.25) is 5.02 Å². The molecule has 1 fully saturated rings. The molecule has 0 bridgehead atoms. The standard InChI is InChI=1S/C13H15ClO/c1-13(2)8-11(13)12(15)7-9-3-5-10(14)6-4-9/h3-6,11H,7-8H2,1-2H3. The number of rotatable bonds is 3. The summed E-state index contributed by atoms with van der Waals surface area (Å²) < 4.78 is 0. The number of halogens is 1. The molecule has 1 nitrogen and oxygen atoms in total. The molecule has 0 radical (unpaired) electrons. The normalized spacial score (nSPS) is 22.5. The third-order valence-corrected chi connectivity index (χ3v) is 3.45. The van der Waals surface area contributed by atoms with Crippen molar-refractivity contribution in [1.29, 1.82) is 0 Å². The van der Waals surface area contributed by atoms with Gasteiger partial charge in [-0.1, -0.05) is 37.6 Å². The smallest absolute Gasteiger partial charge is 0.140 e. The van der Waals surface area contributed by atoms with Crippen LogP contribution < -0.4 is 0 Å². The minimum absolute atomic E-state index is 0.240. The zero-order valence-corrected chi connectivity index (χ0v) is 9.84. The van der Waals surface area contributed by atoms with Crippen LogP contribution in [0.15, 0.2) is 24.3 Å². The van der Waals surface area contributed by atoms with E-state index in [2.05, 4.69) is 13.8 Å². The minimum atomic E-state index is 0.240. The maximum absolute atomic E-state index is 11.8. The molecule has 0 N–H and O–H groups in total. The maximum Gasteiger partial charge on any atom is 0.140 e. The first-order chi connectivity index (χ1) is 6.99. The SMILES string of the molecule is CC1(C)CC1C(=O)Cc1ccc(Cl)cc1. The van der Waals surface area contributed by atoms with Crippen molar-refractivity contribution in [2.45, 2.75) is 26.7 Å². The second-order valence-electron chi connectivity index (χ2n) is 5.01. The van der Waals surface area contributed by atoms with Crippen LogP contribution in [-0.2, 0) is 11.2 Å². The number of hydrogen-bond donors (Lipinski definition) is 0. The van der Waals surface area contributed by atoms with Crippen LogP contribution in [0.4, 0.5) is 0 Å². The number of hydrogen-bond acceptors (Lipinski definition) is 1. The van der Waals surface area contributed by atoms with Crippen LogP contribution in [0.25, 0.3) is 0 Å². The zero-order chi connectivity index (χ0) is 11.1. The number of carbonyl (C=O) groups is 1. The predicted octanol–water partition coefficient (Wildman–Crippen LogP) is 3.50. The van der Waals surface area contributed by atoms with E-state index in [0.717, 1.165) is 17.0 Å². The Kier molecular flexibility index (Phi) is 2.59. The minimum Gasteiger partial charge on any atom is -0.299 e. The second kappa shape index (κ2) is 3.64. The van der Waals surface area contributed by atoms with E-state index < -0.39 is 0 Å². The first-order valence-corrected chi connectivity index (χ1v) is 5.64. The summed E-state index contributed by atoms with van der Waals surface area (Å²) in [5.41, 5.74) is 1.30. The first-order valence-electron chi connectivity index (χ1n) is 5.26. The van der Waals surface area contributed by atoms with Crippen molar-refractivity contribution in [3.8, 4) is 0 Å². The highest BCUT2D eigenvalue weighted by atomic mass is 35.5. The zero-order valence-electron chi connectivity index (χ0n) is 9.09. The third-order valence-electron chi connectivity index (χ3n) is 3.19. The van der Waals surface area contributed by atoms with Crippen molar-refractivity contribution >= 4 is 17.4 Å². The van der Waals surface area contributed by atoms with Gasteiger partial charge in [0.25, 0.3) is 0 Å². The molecule has 0 spiro atoms. The van der Waals surface area contributed by atoms with E-state index in [9.17, 15) is 4.79 Å². The quantitative estimate of drug-likeness (QED) is 0.765. The van der Waals surface area contributed by atoms with Gasteiger partial charge in [-0.25, -0.2) is 0 Å². The molecule has 1 atom stereocenters. The van der Waals surface area contributed by atoms with Gasteiger partial charge in [-0.05, 0) is 29.5 Å². The molecule has 0 saturated heterocycles. The van der Waals surface area contributed by atoms with Gasteiger partial charge in [-0.2, -0.15) is 0 Å². The topological polar surface area (TPSA) is 17.1 Å². The molecule has 2 rings (SSSR count). The Morgan fingerprint density at radius 3 is 2.40 bits per heavy atom. The van der Waals surface area contributed by atoms with Gasteiger partial charge in [-0.15, -0.1) is 0 Å². The fourth-order valence-electron chi connectivity index (χ4n) is 1.94. The Morgan fingerprint density at radius 1 is 1.40 bits per heavy atom. The van der Waals surface area contributed by atoms with Gasteiger partial charge in [0.15, 0.2) is 0 Å². The van der Waals surface area contributed by atoms with Gasteiger partial charge in [-0.3, -0.25) is 4.79 Å². The molecule has 0 aliphatic heterocycles. The summed E-state index contributed by atoms with van der Waals surface area (Å²) in [5, 5.41) is 0.720. The number of carbonyl (C=O) groups excluding carboxylic acids is 1. The molecule has 0 amide bonds. The summed E-state index contributed by atoms with van der Waals surface area (Å²) >= 11 is 5.78. The van der Waals surface area contributed by atoms with E-state index in [1.54, 1.807) is 0 Å². The van der Waals surface area contributed by atoms with Crippen LogP contribution >= 0.6 is 11.6 Å². The fourth-order valence-corrected chi connectivity index (χ4v) is 2.07. The van der Waals surface area contributed by atoms with E-state index in [0.29, 0.717) is 12.2 Å². The summed E-state index contributed by atoms with van der Waals surface area (Å²) in [6.45, 7) is 4.30. The fraction of sp³-hybridized carbons (Fsp3) is 0.462. The lowest BCUT2D eigenvalue weighted by molar-refractivity contribution is -0.120. The van der Waals surface area contributed by atoms with Crippen molar-refractivity contribution < 1.29 is 4.79 Å². The molecule has 80 valence electrons.